The summed E-state index contributed by atoms with van der Waals surface area (Å²) in [4.78, 5) is 23.0. The number of hydrogen-bond acceptors (Lipinski definition) is 3. The van der Waals surface area contributed by atoms with Crippen molar-refractivity contribution in [2.45, 2.75) is 12.3 Å². The third-order valence-corrected chi connectivity index (χ3v) is 2.95. The average Bonchev–Trinajstić information content (AvgIpc) is 2.33. The zero-order chi connectivity index (χ0) is 13.9. The van der Waals surface area contributed by atoms with Gasteiger partial charge in [-0.25, -0.2) is 13.6 Å². The van der Waals surface area contributed by atoms with E-state index in [1.54, 1.807) is 6.92 Å². The Hall–Kier alpha value is -1.01. The molecule has 3 nitrogen and oxygen atoms in total. The minimum Gasteiger partial charge on any atom is -0.465 e. The van der Waals surface area contributed by atoms with Gasteiger partial charge >= 0.3 is 5.97 Å². The highest BCUT2D eigenvalue weighted by molar-refractivity contribution is 9.10. The molecule has 0 aromatic heterocycles. The van der Waals surface area contributed by atoms with Crippen LogP contribution >= 0.6 is 27.5 Å². The third kappa shape index (κ3) is 3.26. The van der Waals surface area contributed by atoms with Gasteiger partial charge in [0.05, 0.1) is 11.1 Å². The first-order valence-corrected chi connectivity index (χ1v) is 6.10. The number of halogens is 4. The Labute approximate surface area is 115 Å². The van der Waals surface area contributed by atoms with E-state index in [0.717, 1.165) is 6.07 Å². The van der Waals surface area contributed by atoms with E-state index < -0.39 is 28.8 Å². The topological polar surface area (TPSA) is 43.4 Å². The molecule has 0 heterocycles. The van der Waals surface area contributed by atoms with Crippen LogP contribution in [0.1, 0.15) is 17.3 Å². The van der Waals surface area contributed by atoms with Crippen molar-refractivity contribution in [3.8, 4) is 0 Å². The van der Waals surface area contributed by atoms with E-state index >= 15 is 0 Å². The van der Waals surface area contributed by atoms with E-state index in [-0.39, 0.29) is 16.6 Å². The molecule has 0 fully saturated rings. The zero-order valence-electron chi connectivity index (χ0n) is 9.18. The standard InChI is InChI=1S/C11H8BrClF2O3/c1-2-18-11(17)8(13)10(16)5-3-6(12)9(15)7(14)4-5/h3-4,8H,2H2,1H3. The molecule has 0 N–H and O–H groups in total. The minimum absolute atomic E-state index is 0.0663. The molecule has 7 heteroatoms. The number of benzene rings is 1. The Morgan fingerprint density at radius 3 is 2.56 bits per heavy atom. The lowest BCUT2D eigenvalue weighted by molar-refractivity contribution is -0.141. The summed E-state index contributed by atoms with van der Waals surface area (Å²) in [5, 5.41) is -1.58. The van der Waals surface area contributed by atoms with Gasteiger partial charge in [0.1, 0.15) is 0 Å². The largest absolute Gasteiger partial charge is 0.465 e. The van der Waals surface area contributed by atoms with Crippen LogP contribution in [0.3, 0.4) is 0 Å². The molecule has 0 radical (unpaired) electrons. The number of hydrogen-bond donors (Lipinski definition) is 0. The third-order valence-electron chi connectivity index (χ3n) is 1.99. The number of alkyl halides is 1. The summed E-state index contributed by atoms with van der Waals surface area (Å²) in [7, 11) is 0. The van der Waals surface area contributed by atoms with Gasteiger partial charge in [0.2, 0.25) is 0 Å². The number of esters is 1. The Bertz CT molecular complexity index is 470. The van der Waals surface area contributed by atoms with Crippen LogP contribution in [-0.2, 0) is 9.53 Å². The second-order valence-corrected chi connectivity index (χ2v) is 4.52. The van der Waals surface area contributed by atoms with Gasteiger partial charge in [-0.1, -0.05) is 0 Å². The molecule has 1 aromatic rings. The number of carbonyl (C=O) groups is 2. The van der Waals surface area contributed by atoms with Crippen molar-refractivity contribution in [2.24, 2.45) is 0 Å². The Morgan fingerprint density at radius 1 is 1.44 bits per heavy atom. The maximum atomic E-state index is 13.1. The van der Waals surface area contributed by atoms with Crippen LogP contribution in [0.4, 0.5) is 8.78 Å². The lowest BCUT2D eigenvalue weighted by Crippen LogP contribution is -2.27. The molecule has 0 spiro atoms. The highest BCUT2D eigenvalue weighted by atomic mass is 79.9. The second kappa shape index (κ2) is 6.24. The van der Waals surface area contributed by atoms with Crippen molar-refractivity contribution in [1.29, 1.82) is 0 Å². The summed E-state index contributed by atoms with van der Waals surface area (Å²) < 4.78 is 30.4. The van der Waals surface area contributed by atoms with Crippen molar-refractivity contribution >= 4 is 39.3 Å². The van der Waals surface area contributed by atoms with Crippen LogP contribution < -0.4 is 0 Å². The molecular weight excluding hydrogens is 333 g/mol. The molecule has 98 valence electrons. The maximum Gasteiger partial charge on any atom is 0.332 e. The summed E-state index contributed by atoms with van der Waals surface area (Å²) in [6, 6.07) is 1.73. The fraction of sp³-hybridized carbons (Fsp3) is 0.273. The number of ketones is 1. The van der Waals surface area contributed by atoms with Gasteiger partial charge in [-0.2, -0.15) is 0 Å². The SMILES string of the molecule is CCOC(=O)C(Cl)C(=O)c1cc(F)c(F)c(Br)c1. The number of ether oxygens (including phenoxy) is 1. The number of rotatable bonds is 4. The molecule has 0 bridgehead atoms. The lowest BCUT2D eigenvalue weighted by atomic mass is 10.1. The first-order chi connectivity index (χ1) is 8.38. The molecule has 1 unspecified atom stereocenters. The Kier molecular flexibility index (Phi) is 5.22. The fourth-order valence-corrected chi connectivity index (χ4v) is 1.79. The lowest BCUT2D eigenvalue weighted by Gasteiger charge is -2.08. The van der Waals surface area contributed by atoms with Gasteiger partial charge in [-0.05, 0) is 35.0 Å². The van der Waals surface area contributed by atoms with Crippen LogP contribution in [-0.4, -0.2) is 23.7 Å². The summed E-state index contributed by atoms with van der Waals surface area (Å²) in [6.07, 6.45) is 0. The normalized spacial score (nSPS) is 12.1. The molecule has 18 heavy (non-hydrogen) atoms. The monoisotopic (exact) mass is 340 g/mol. The van der Waals surface area contributed by atoms with Crippen molar-refractivity contribution in [2.75, 3.05) is 6.61 Å². The van der Waals surface area contributed by atoms with Crippen molar-refractivity contribution in [1.82, 2.24) is 0 Å². The van der Waals surface area contributed by atoms with Gasteiger partial charge in [-0.3, -0.25) is 4.79 Å². The fourth-order valence-electron chi connectivity index (χ4n) is 1.17. The van der Waals surface area contributed by atoms with Gasteiger partial charge in [-0.15, -0.1) is 11.6 Å². The van der Waals surface area contributed by atoms with Crippen LogP contribution in [0.2, 0.25) is 0 Å². The van der Waals surface area contributed by atoms with E-state index in [1.807, 2.05) is 0 Å². The van der Waals surface area contributed by atoms with E-state index in [4.69, 9.17) is 11.6 Å². The molecule has 1 atom stereocenters. The second-order valence-electron chi connectivity index (χ2n) is 3.23. The highest BCUT2D eigenvalue weighted by Crippen LogP contribution is 2.22. The van der Waals surface area contributed by atoms with E-state index in [1.165, 1.54) is 0 Å². The first-order valence-electron chi connectivity index (χ1n) is 4.88. The molecule has 1 aromatic carbocycles. The summed E-state index contributed by atoms with van der Waals surface area (Å²) >= 11 is 8.34. The molecular formula is C11H8BrClF2O3. The maximum absolute atomic E-state index is 13.1. The smallest absolute Gasteiger partial charge is 0.332 e. The van der Waals surface area contributed by atoms with Crippen LogP contribution in [0.25, 0.3) is 0 Å². The van der Waals surface area contributed by atoms with Crippen molar-refractivity contribution < 1.29 is 23.1 Å². The number of Topliss-reactive ketones (excluding diaryl/α,β-unsaturated/α-hetero) is 1. The molecule has 0 aliphatic heterocycles. The van der Waals surface area contributed by atoms with Gasteiger partial charge < -0.3 is 4.74 Å². The van der Waals surface area contributed by atoms with E-state index in [0.29, 0.717) is 6.07 Å². The van der Waals surface area contributed by atoms with Crippen molar-refractivity contribution in [3.63, 3.8) is 0 Å². The zero-order valence-corrected chi connectivity index (χ0v) is 11.5. The predicted octanol–water partition coefficient (Wildman–Crippen LogP) is 3.08. The molecule has 0 saturated carbocycles. The first kappa shape index (κ1) is 15.0. The molecule has 0 amide bonds. The molecule has 1 rings (SSSR count). The van der Waals surface area contributed by atoms with Gasteiger partial charge in [0, 0.05) is 5.56 Å². The average molecular weight is 342 g/mol. The van der Waals surface area contributed by atoms with Crippen molar-refractivity contribution in [3.05, 3.63) is 33.8 Å². The number of carbonyl (C=O) groups excluding carboxylic acids is 2. The highest BCUT2D eigenvalue weighted by Gasteiger charge is 2.27. The molecule has 0 aliphatic rings. The van der Waals surface area contributed by atoms with Gasteiger partial charge in [0.25, 0.3) is 0 Å². The molecule has 0 aliphatic carbocycles. The quantitative estimate of drug-likeness (QED) is 0.278. The summed E-state index contributed by atoms with van der Waals surface area (Å²) in [6.45, 7) is 1.62. The minimum atomic E-state index is -1.58. The van der Waals surface area contributed by atoms with E-state index in [2.05, 4.69) is 20.7 Å². The van der Waals surface area contributed by atoms with Crippen LogP contribution in [0.5, 0.6) is 0 Å². The van der Waals surface area contributed by atoms with Crippen LogP contribution in [0.15, 0.2) is 16.6 Å². The van der Waals surface area contributed by atoms with Gasteiger partial charge in [0.15, 0.2) is 22.8 Å². The summed E-state index contributed by atoms with van der Waals surface area (Å²) in [5.41, 5.74) is -0.214. The Balaban J connectivity index is 3.01. The molecule has 0 saturated heterocycles. The van der Waals surface area contributed by atoms with Crippen LogP contribution in [0, 0.1) is 11.6 Å². The summed E-state index contributed by atoms with van der Waals surface area (Å²) in [5.74, 6) is -4.10. The Morgan fingerprint density at radius 2 is 2.06 bits per heavy atom. The van der Waals surface area contributed by atoms with E-state index in [9.17, 15) is 18.4 Å². The predicted molar refractivity (Wildman–Crippen MR) is 64.7 cm³/mol.